The van der Waals surface area contributed by atoms with Crippen LogP contribution in [0.2, 0.25) is 5.02 Å². The van der Waals surface area contributed by atoms with Crippen molar-refractivity contribution in [2.45, 2.75) is 12.4 Å². The van der Waals surface area contributed by atoms with Crippen LogP contribution in [0.15, 0.2) is 24.4 Å². The SMILES string of the molecule is COC(=O)c1cn(C)nc1-n1nc(C(F)(F)F)c(-c2cc(Cl)cc(C(F)(F)F)c2)c1N. The number of benzene rings is 1. The van der Waals surface area contributed by atoms with Crippen molar-refractivity contribution in [3.8, 4) is 16.9 Å². The number of hydrogen-bond acceptors (Lipinski definition) is 5. The Morgan fingerprint density at radius 2 is 1.74 bits per heavy atom. The molecule has 0 spiro atoms. The smallest absolute Gasteiger partial charge is 0.435 e. The highest BCUT2D eigenvalue weighted by Gasteiger charge is 2.41. The van der Waals surface area contributed by atoms with Gasteiger partial charge in [0.05, 0.1) is 18.2 Å². The first kappa shape index (κ1) is 22.5. The van der Waals surface area contributed by atoms with Gasteiger partial charge in [-0.1, -0.05) is 11.6 Å². The van der Waals surface area contributed by atoms with E-state index in [1.54, 1.807) is 0 Å². The normalized spacial score (nSPS) is 12.3. The molecule has 0 bridgehead atoms. The molecule has 7 nitrogen and oxygen atoms in total. The number of anilines is 1. The zero-order chi connectivity index (χ0) is 23.3. The Balaban J connectivity index is 2.34. The Bertz CT molecular complexity index is 1170. The maximum Gasteiger partial charge on any atom is 0.435 e. The lowest BCUT2D eigenvalue weighted by Gasteiger charge is -2.12. The molecule has 0 aliphatic rings. The minimum atomic E-state index is -5.10. The van der Waals surface area contributed by atoms with Gasteiger partial charge in [-0.25, -0.2) is 4.79 Å². The molecule has 2 aromatic heterocycles. The molecule has 3 rings (SSSR count). The highest BCUT2D eigenvalue weighted by molar-refractivity contribution is 6.31. The van der Waals surface area contributed by atoms with Gasteiger partial charge in [-0.3, -0.25) is 4.68 Å². The summed E-state index contributed by atoms with van der Waals surface area (Å²) in [5.41, 5.74) is 1.34. The maximum absolute atomic E-state index is 13.7. The Hall–Kier alpha value is -3.22. The number of carbonyl (C=O) groups excluding carboxylic acids is 1. The lowest BCUT2D eigenvalue weighted by molar-refractivity contribution is -0.140. The maximum atomic E-state index is 13.7. The van der Waals surface area contributed by atoms with Crippen molar-refractivity contribution < 1.29 is 35.9 Å². The number of aryl methyl sites for hydroxylation is 1. The van der Waals surface area contributed by atoms with E-state index in [-0.39, 0.29) is 5.56 Å². The summed E-state index contributed by atoms with van der Waals surface area (Å²) < 4.78 is 86.8. The van der Waals surface area contributed by atoms with E-state index in [9.17, 15) is 31.1 Å². The van der Waals surface area contributed by atoms with Gasteiger partial charge in [-0.2, -0.15) is 41.2 Å². The third kappa shape index (κ3) is 4.17. The van der Waals surface area contributed by atoms with Crippen molar-refractivity contribution in [2.24, 2.45) is 7.05 Å². The van der Waals surface area contributed by atoms with Gasteiger partial charge in [0.15, 0.2) is 11.5 Å². The number of hydrogen-bond donors (Lipinski definition) is 1. The minimum Gasteiger partial charge on any atom is -0.465 e. The van der Waals surface area contributed by atoms with E-state index in [4.69, 9.17) is 17.3 Å². The number of alkyl halides is 6. The number of halogens is 7. The minimum absolute atomic E-state index is 0.262. The number of carbonyl (C=O) groups is 1. The average molecular weight is 468 g/mol. The van der Waals surface area contributed by atoms with E-state index in [0.29, 0.717) is 16.8 Å². The van der Waals surface area contributed by atoms with Crippen molar-refractivity contribution in [1.82, 2.24) is 19.6 Å². The molecule has 0 unspecified atom stereocenters. The van der Waals surface area contributed by atoms with Crippen molar-refractivity contribution in [3.05, 3.63) is 46.2 Å². The predicted octanol–water partition coefficient (Wildman–Crippen LogP) is 4.33. The first-order valence-corrected chi connectivity index (χ1v) is 8.58. The molecular formula is C17H12ClF6N5O2. The second-order valence-electron chi connectivity index (χ2n) is 6.28. The van der Waals surface area contributed by atoms with E-state index < -0.39 is 57.4 Å². The van der Waals surface area contributed by atoms with Gasteiger partial charge < -0.3 is 10.5 Å². The highest BCUT2D eigenvalue weighted by Crippen LogP contribution is 2.43. The Kier molecular flexibility index (Phi) is 5.42. The number of aromatic nitrogens is 4. The number of nitrogen functional groups attached to an aromatic ring is 1. The summed E-state index contributed by atoms with van der Waals surface area (Å²) in [4.78, 5) is 12.0. The van der Waals surface area contributed by atoms with Gasteiger partial charge in [-0.05, 0) is 23.8 Å². The summed E-state index contributed by atoms with van der Waals surface area (Å²) in [5.74, 6) is -2.04. The number of nitrogens with two attached hydrogens (primary N) is 1. The zero-order valence-electron chi connectivity index (χ0n) is 15.6. The lowest BCUT2D eigenvalue weighted by atomic mass is 10.0. The summed E-state index contributed by atoms with van der Waals surface area (Å²) >= 11 is 5.71. The van der Waals surface area contributed by atoms with Crippen LogP contribution in [0.4, 0.5) is 32.2 Å². The first-order valence-electron chi connectivity index (χ1n) is 8.20. The summed E-state index contributed by atoms with van der Waals surface area (Å²) in [5, 5.41) is 6.82. The van der Waals surface area contributed by atoms with Crippen LogP contribution in [0, 0.1) is 0 Å². The Labute approximate surface area is 174 Å². The summed E-state index contributed by atoms with van der Waals surface area (Å²) in [6.45, 7) is 0. The molecule has 0 atom stereocenters. The summed E-state index contributed by atoms with van der Waals surface area (Å²) in [6.07, 6.45) is -8.81. The fourth-order valence-corrected chi connectivity index (χ4v) is 3.10. The molecule has 0 aliphatic carbocycles. The third-order valence-electron chi connectivity index (χ3n) is 4.12. The van der Waals surface area contributed by atoms with E-state index in [1.165, 1.54) is 7.05 Å². The largest absolute Gasteiger partial charge is 0.465 e. The van der Waals surface area contributed by atoms with E-state index in [2.05, 4.69) is 14.9 Å². The van der Waals surface area contributed by atoms with Gasteiger partial charge in [0.2, 0.25) is 0 Å². The molecule has 2 N–H and O–H groups in total. The average Bonchev–Trinajstić information content (AvgIpc) is 3.19. The van der Waals surface area contributed by atoms with E-state index in [1.807, 2.05) is 0 Å². The Morgan fingerprint density at radius 1 is 1.10 bits per heavy atom. The Morgan fingerprint density at radius 3 is 2.29 bits per heavy atom. The number of ether oxygens (including phenoxy) is 1. The van der Waals surface area contributed by atoms with Crippen LogP contribution < -0.4 is 5.73 Å². The second-order valence-corrected chi connectivity index (χ2v) is 6.71. The first-order chi connectivity index (χ1) is 14.2. The third-order valence-corrected chi connectivity index (χ3v) is 4.34. The molecule has 0 radical (unpaired) electrons. The topological polar surface area (TPSA) is 88.0 Å². The molecule has 166 valence electrons. The molecule has 1 aromatic carbocycles. The fourth-order valence-electron chi connectivity index (χ4n) is 2.86. The summed E-state index contributed by atoms with van der Waals surface area (Å²) in [7, 11) is 2.43. The van der Waals surface area contributed by atoms with Crippen LogP contribution in [-0.2, 0) is 24.1 Å². The quantitative estimate of drug-likeness (QED) is 0.457. The van der Waals surface area contributed by atoms with Crippen LogP contribution >= 0.6 is 11.6 Å². The van der Waals surface area contributed by atoms with E-state index >= 15 is 0 Å². The van der Waals surface area contributed by atoms with Gasteiger partial charge in [-0.15, -0.1) is 0 Å². The van der Waals surface area contributed by atoms with Crippen molar-refractivity contribution in [1.29, 1.82) is 0 Å². The second kappa shape index (κ2) is 7.48. The molecular weight excluding hydrogens is 456 g/mol. The molecule has 0 saturated carbocycles. The van der Waals surface area contributed by atoms with Crippen molar-refractivity contribution in [2.75, 3.05) is 12.8 Å². The molecule has 0 amide bonds. The molecule has 2 heterocycles. The number of esters is 1. The zero-order valence-corrected chi connectivity index (χ0v) is 16.4. The molecule has 31 heavy (non-hydrogen) atoms. The molecule has 0 aliphatic heterocycles. The van der Waals surface area contributed by atoms with Gasteiger partial charge in [0.1, 0.15) is 11.4 Å². The van der Waals surface area contributed by atoms with Gasteiger partial charge in [0, 0.05) is 18.3 Å². The van der Waals surface area contributed by atoms with Gasteiger partial charge in [0.25, 0.3) is 0 Å². The molecule has 3 aromatic rings. The van der Waals surface area contributed by atoms with Crippen LogP contribution in [-0.4, -0.2) is 32.6 Å². The monoisotopic (exact) mass is 467 g/mol. The van der Waals surface area contributed by atoms with Gasteiger partial charge >= 0.3 is 18.3 Å². The molecule has 0 fully saturated rings. The van der Waals surface area contributed by atoms with Crippen molar-refractivity contribution in [3.63, 3.8) is 0 Å². The number of nitrogens with zero attached hydrogens (tertiary/aromatic N) is 4. The molecule has 14 heteroatoms. The summed E-state index contributed by atoms with van der Waals surface area (Å²) in [6, 6.07) is 1.93. The predicted molar refractivity (Wildman–Crippen MR) is 96.5 cm³/mol. The highest BCUT2D eigenvalue weighted by atomic mass is 35.5. The standard InChI is InChI=1S/C17H12ClF6N5O2/c1-28-6-10(15(30)31-2)14(27-28)29-13(25)11(12(26-29)17(22,23)24)7-3-8(16(19,20)21)5-9(18)4-7/h3-6H,25H2,1-2H3. The number of rotatable bonds is 3. The fraction of sp³-hybridized carbons (Fsp3) is 0.235. The van der Waals surface area contributed by atoms with Crippen LogP contribution in [0.25, 0.3) is 16.9 Å². The molecule has 0 saturated heterocycles. The van der Waals surface area contributed by atoms with Crippen LogP contribution in [0.1, 0.15) is 21.6 Å². The lowest BCUT2D eigenvalue weighted by Crippen LogP contribution is -2.11. The van der Waals surface area contributed by atoms with Crippen LogP contribution in [0.5, 0.6) is 0 Å². The number of methoxy groups -OCH3 is 1. The van der Waals surface area contributed by atoms with Crippen molar-refractivity contribution >= 4 is 23.4 Å². The van der Waals surface area contributed by atoms with E-state index in [0.717, 1.165) is 24.1 Å². The van der Waals surface area contributed by atoms with Crippen LogP contribution in [0.3, 0.4) is 0 Å².